The molecular formula is C16H27N. The summed E-state index contributed by atoms with van der Waals surface area (Å²) in [5.41, 5.74) is 10.2. The molecule has 0 aliphatic heterocycles. The van der Waals surface area contributed by atoms with Crippen LogP contribution in [-0.2, 0) is 19.3 Å². The SMILES string of the molecule is CCCCc1cc(CCC)ccc1CCCN. The third-order valence-electron chi connectivity index (χ3n) is 3.26. The van der Waals surface area contributed by atoms with Gasteiger partial charge in [-0.1, -0.05) is 44.9 Å². The van der Waals surface area contributed by atoms with Crippen LogP contribution in [0.2, 0.25) is 0 Å². The van der Waals surface area contributed by atoms with Gasteiger partial charge in [0.25, 0.3) is 0 Å². The average Bonchev–Trinajstić information content (AvgIpc) is 2.35. The first kappa shape index (κ1) is 14.2. The molecule has 0 aromatic heterocycles. The molecule has 0 fully saturated rings. The molecule has 0 heterocycles. The van der Waals surface area contributed by atoms with Crippen molar-refractivity contribution < 1.29 is 0 Å². The lowest BCUT2D eigenvalue weighted by molar-refractivity contribution is 0.767. The average molecular weight is 233 g/mol. The summed E-state index contributed by atoms with van der Waals surface area (Å²) in [6, 6.07) is 7.04. The number of hydrogen-bond acceptors (Lipinski definition) is 1. The lowest BCUT2D eigenvalue weighted by atomic mass is 9.95. The molecular weight excluding hydrogens is 206 g/mol. The minimum Gasteiger partial charge on any atom is -0.330 e. The maximum absolute atomic E-state index is 5.60. The maximum Gasteiger partial charge on any atom is -0.00741 e. The van der Waals surface area contributed by atoms with Crippen LogP contribution in [0.15, 0.2) is 18.2 Å². The molecule has 0 aliphatic rings. The van der Waals surface area contributed by atoms with Crippen molar-refractivity contribution in [2.75, 3.05) is 6.54 Å². The topological polar surface area (TPSA) is 26.0 Å². The first-order chi connectivity index (χ1) is 8.31. The van der Waals surface area contributed by atoms with Crippen LogP contribution >= 0.6 is 0 Å². The minimum absolute atomic E-state index is 0.796. The summed E-state index contributed by atoms with van der Waals surface area (Å²) in [5.74, 6) is 0. The number of hydrogen-bond donors (Lipinski definition) is 1. The number of benzene rings is 1. The number of nitrogens with two attached hydrogens (primary N) is 1. The highest BCUT2D eigenvalue weighted by Gasteiger charge is 2.03. The maximum atomic E-state index is 5.60. The van der Waals surface area contributed by atoms with Crippen molar-refractivity contribution in [3.8, 4) is 0 Å². The van der Waals surface area contributed by atoms with Crippen molar-refractivity contribution >= 4 is 0 Å². The van der Waals surface area contributed by atoms with Crippen molar-refractivity contribution in [1.82, 2.24) is 0 Å². The van der Waals surface area contributed by atoms with Crippen molar-refractivity contribution in [2.24, 2.45) is 5.73 Å². The first-order valence-corrected chi connectivity index (χ1v) is 7.12. The molecule has 0 amide bonds. The van der Waals surface area contributed by atoms with Gasteiger partial charge in [-0.05, 0) is 55.3 Å². The van der Waals surface area contributed by atoms with Gasteiger partial charge in [0, 0.05) is 0 Å². The van der Waals surface area contributed by atoms with Crippen molar-refractivity contribution in [1.29, 1.82) is 0 Å². The number of rotatable bonds is 8. The highest BCUT2D eigenvalue weighted by Crippen LogP contribution is 2.17. The van der Waals surface area contributed by atoms with Gasteiger partial charge in [-0.15, -0.1) is 0 Å². The van der Waals surface area contributed by atoms with Crippen LogP contribution in [0, 0.1) is 0 Å². The van der Waals surface area contributed by atoms with Crippen LogP contribution < -0.4 is 5.73 Å². The summed E-state index contributed by atoms with van der Waals surface area (Å²) in [6.45, 7) is 5.30. The molecule has 1 heteroatoms. The van der Waals surface area contributed by atoms with E-state index in [-0.39, 0.29) is 0 Å². The van der Waals surface area contributed by atoms with Crippen LogP contribution in [0.3, 0.4) is 0 Å². The molecule has 1 rings (SSSR count). The molecule has 0 spiro atoms. The molecule has 0 bridgehead atoms. The van der Waals surface area contributed by atoms with Crippen LogP contribution in [0.25, 0.3) is 0 Å². The normalized spacial score (nSPS) is 10.8. The van der Waals surface area contributed by atoms with Gasteiger partial charge in [0.05, 0.1) is 0 Å². The molecule has 0 saturated carbocycles. The quantitative estimate of drug-likeness (QED) is 0.724. The van der Waals surface area contributed by atoms with Gasteiger partial charge >= 0.3 is 0 Å². The second-order valence-corrected chi connectivity index (χ2v) is 4.85. The molecule has 2 N–H and O–H groups in total. The highest BCUT2D eigenvalue weighted by molar-refractivity contribution is 5.32. The first-order valence-electron chi connectivity index (χ1n) is 7.12. The van der Waals surface area contributed by atoms with Gasteiger partial charge in [0.1, 0.15) is 0 Å². The third kappa shape index (κ3) is 4.91. The number of unbranched alkanes of at least 4 members (excludes halogenated alkanes) is 1. The Kier molecular flexibility index (Phi) is 6.95. The van der Waals surface area contributed by atoms with Crippen LogP contribution in [-0.4, -0.2) is 6.54 Å². The van der Waals surface area contributed by atoms with Crippen molar-refractivity contribution in [3.63, 3.8) is 0 Å². The molecule has 1 nitrogen and oxygen atoms in total. The van der Waals surface area contributed by atoms with E-state index in [9.17, 15) is 0 Å². The Labute approximate surface area is 106 Å². The summed E-state index contributed by atoms with van der Waals surface area (Å²) in [7, 11) is 0. The van der Waals surface area contributed by atoms with E-state index in [2.05, 4.69) is 32.0 Å². The zero-order valence-electron chi connectivity index (χ0n) is 11.5. The molecule has 1 aromatic rings. The summed E-state index contributed by atoms with van der Waals surface area (Å²) < 4.78 is 0. The predicted octanol–water partition coefficient (Wildman–Crippen LogP) is 3.87. The smallest absolute Gasteiger partial charge is 0.00741 e. The Morgan fingerprint density at radius 1 is 0.882 bits per heavy atom. The Balaban J connectivity index is 2.78. The van der Waals surface area contributed by atoms with Gasteiger partial charge in [0.15, 0.2) is 0 Å². The Morgan fingerprint density at radius 2 is 1.65 bits per heavy atom. The molecule has 17 heavy (non-hydrogen) atoms. The van der Waals surface area contributed by atoms with E-state index in [4.69, 9.17) is 5.73 Å². The molecule has 0 saturated heterocycles. The third-order valence-corrected chi connectivity index (χ3v) is 3.26. The second-order valence-electron chi connectivity index (χ2n) is 4.85. The fourth-order valence-corrected chi connectivity index (χ4v) is 2.26. The zero-order chi connectivity index (χ0) is 12.5. The largest absolute Gasteiger partial charge is 0.330 e. The van der Waals surface area contributed by atoms with Crippen LogP contribution in [0.1, 0.15) is 56.2 Å². The van der Waals surface area contributed by atoms with Crippen LogP contribution in [0.5, 0.6) is 0 Å². The standard InChI is InChI=1S/C16H27N/c1-3-5-8-16-13-14(7-4-2)10-11-15(16)9-6-12-17/h10-11,13H,3-9,12,17H2,1-2H3. The lowest BCUT2D eigenvalue weighted by Gasteiger charge is -2.11. The van der Waals surface area contributed by atoms with Crippen LogP contribution in [0.4, 0.5) is 0 Å². The second kappa shape index (κ2) is 8.30. The monoisotopic (exact) mass is 233 g/mol. The van der Waals surface area contributed by atoms with Crippen molar-refractivity contribution in [2.45, 2.75) is 58.8 Å². The van der Waals surface area contributed by atoms with E-state index < -0.39 is 0 Å². The van der Waals surface area contributed by atoms with Gasteiger partial charge < -0.3 is 5.73 Å². The van der Waals surface area contributed by atoms with Gasteiger partial charge in [-0.2, -0.15) is 0 Å². The Hall–Kier alpha value is -0.820. The Bertz CT molecular complexity index is 317. The highest BCUT2D eigenvalue weighted by atomic mass is 14.5. The summed E-state index contributed by atoms with van der Waals surface area (Å²) >= 11 is 0. The predicted molar refractivity (Wildman–Crippen MR) is 76.4 cm³/mol. The summed E-state index contributed by atoms with van der Waals surface area (Å²) in [4.78, 5) is 0. The van der Waals surface area contributed by atoms with E-state index in [1.807, 2.05) is 0 Å². The van der Waals surface area contributed by atoms with E-state index in [0.29, 0.717) is 0 Å². The molecule has 0 radical (unpaired) electrons. The molecule has 0 aliphatic carbocycles. The van der Waals surface area contributed by atoms with E-state index in [0.717, 1.165) is 19.4 Å². The molecule has 0 atom stereocenters. The van der Waals surface area contributed by atoms with E-state index in [1.54, 1.807) is 5.56 Å². The summed E-state index contributed by atoms with van der Waals surface area (Å²) in [5, 5.41) is 0. The van der Waals surface area contributed by atoms with Gasteiger partial charge in [0.2, 0.25) is 0 Å². The fourth-order valence-electron chi connectivity index (χ4n) is 2.26. The fraction of sp³-hybridized carbons (Fsp3) is 0.625. The van der Waals surface area contributed by atoms with Gasteiger partial charge in [-0.25, -0.2) is 0 Å². The molecule has 96 valence electrons. The zero-order valence-corrected chi connectivity index (χ0v) is 11.5. The van der Waals surface area contributed by atoms with E-state index in [1.165, 1.54) is 43.2 Å². The van der Waals surface area contributed by atoms with Gasteiger partial charge in [-0.3, -0.25) is 0 Å². The summed E-state index contributed by atoms with van der Waals surface area (Å²) in [6.07, 6.45) is 8.48. The lowest BCUT2D eigenvalue weighted by Crippen LogP contribution is -2.03. The van der Waals surface area contributed by atoms with Crippen molar-refractivity contribution in [3.05, 3.63) is 34.9 Å². The van der Waals surface area contributed by atoms with E-state index >= 15 is 0 Å². The molecule has 0 unspecified atom stereocenters. The Morgan fingerprint density at radius 3 is 2.29 bits per heavy atom. The molecule has 1 aromatic carbocycles. The minimum atomic E-state index is 0.796. The number of aryl methyl sites for hydroxylation is 3.